The van der Waals surface area contributed by atoms with E-state index < -0.39 is 11.5 Å². The first kappa shape index (κ1) is 22.4. The number of carbonyl (C=O) groups is 4. The molecule has 1 aromatic heterocycles. The molecule has 10 heteroatoms. The minimum Gasteiger partial charge on any atom is -0.378 e. The van der Waals surface area contributed by atoms with Crippen LogP contribution in [0.1, 0.15) is 43.9 Å². The summed E-state index contributed by atoms with van der Waals surface area (Å²) in [6.45, 7) is 1.91. The van der Waals surface area contributed by atoms with Crippen molar-refractivity contribution in [2.75, 3.05) is 38.2 Å². The van der Waals surface area contributed by atoms with Gasteiger partial charge in [0.15, 0.2) is 0 Å². The molecule has 2 aliphatic rings. The van der Waals surface area contributed by atoms with Crippen LogP contribution in [-0.2, 0) is 16.6 Å². The summed E-state index contributed by atoms with van der Waals surface area (Å²) >= 11 is 0. The second-order valence-electron chi connectivity index (χ2n) is 7.92. The molecule has 0 spiro atoms. The first-order chi connectivity index (χ1) is 15.9. The van der Waals surface area contributed by atoms with Crippen LogP contribution in [0.4, 0.5) is 5.69 Å². The fourth-order valence-corrected chi connectivity index (χ4v) is 3.92. The first-order valence-corrected chi connectivity index (χ1v) is 10.7. The highest BCUT2D eigenvalue weighted by atomic mass is 16.5. The van der Waals surface area contributed by atoms with Crippen LogP contribution < -0.4 is 10.9 Å². The first-order valence-electron chi connectivity index (χ1n) is 10.7. The van der Waals surface area contributed by atoms with Crippen molar-refractivity contribution < 1.29 is 23.9 Å². The SMILES string of the molecule is Cn1cc(C(=O)N2CCOCC2)cc(NC(=O)CCCN2C(=O)c3ccccc3C2=O)c1=O. The third-order valence-corrected chi connectivity index (χ3v) is 5.67. The number of morpholine rings is 1. The molecular weight excluding hydrogens is 428 g/mol. The second kappa shape index (κ2) is 9.37. The van der Waals surface area contributed by atoms with Crippen LogP contribution in [0.2, 0.25) is 0 Å². The summed E-state index contributed by atoms with van der Waals surface area (Å²) in [5.74, 6) is -1.44. The number of fused-ring (bicyclic) bond motifs is 1. The minimum absolute atomic E-state index is 0.00179. The van der Waals surface area contributed by atoms with E-state index in [1.54, 1.807) is 29.2 Å². The molecule has 0 atom stereocenters. The lowest BCUT2D eigenvalue weighted by Gasteiger charge is -2.27. The summed E-state index contributed by atoms with van der Waals surface area (Å²) in [4.78, 5) is 65.2. The van der Waals surface area contributed by atoms with E-state index in [2.05, 4.69) is 5.32 Å². The molecule has 1 N–H and O–H groups in total. The zero-order chi connectivity index (χ0) is 23.5. The highest BCUT2D eigenvalue weighted by molar-refractivity contribution is 6.21. The average molecular weight is 452 g/mol. The highest BCUT2D eigenvalue weighted by Crippen LogP contribution is 2.22. The lowest BCUT2D eigenvalue weighted by Crippen LogP contribution is -2.41. The molecule has 2 aromatic rings. The van der Waals surface area contributed by atoms with Crippen LogP contribution in [0.25, 0.3) is 0 Å². The maximum absolute atomic E-state index is 12.7. The van der Waals surface area contributed by atoms with Crippen molar-refractivity contribution in [2.45, 2.75) is 12.8 Å². The molecule has 0 radical (unpaired) electrons. The third-order valence-electron chi connectivity index (χ3n) is 5.67. The Morgan fingerprint density at radius 1 is 1.03 bits per heavy atom. The van der Waals surface area contributed by atoms with E-state index in [9.17, 15) is 24.0 Å². The van der Waals surface area contributed by atoms with Crippen molar-refractivity contribution in [1.29, 1.82) is 0 Å². The standard InChI is InChI=1S/C23H24N4O6/c1-25-14-15(20(29)26-9-11-33-12-10-26)13-18(23(25)32)24-19(28)7-4-8-27-21(30)16-5-2-3-6-17(16)22(27)31/h2-3,5-6,13-14H,4,7-12H2,1H3,(H,24,28). The molecule has 1 aromatic carbocycles. The normalized spacial score (nSPS) is 15.5. The van der Waals surface area contributed by atoms with E-state index in [0.29, 0.717) is 43.0 Å². The van der Waals surface area contributed by atoms with Crippen LogP contribution >= 0.6 is 0 Å². The molecule has 0 aliphatic carbocycles. The van der Waals surface area contributed by atoms with Gasteiger partial charge in [0, 0.05) is 39.3 Å². The summed E-state index contributed by atoms with van der Waals surface area (Å²) < 4.78 is 6.51. The van der Waals surface area contributed by atoms with E-state index in [-0.39, 0.29) is 42.8 Å². The van der Waals surface area contributed by atoms with Gasteiger partial charge < -0.3 is 19.5 Å². The largest absolute Gasteiger partial charge is 0.378 e. The quantitative estimate of drug-likeness (QED) is 0.650. The Morgan fingerprint density at radius 3 is 2.30 bits per heavy atom. The van der Waals surface area contributed by atoms with Gasteiger partial charge >= 0.3 is 0 Å². The summed E-state index contributed by atoms with van der Waals surface area (Å²) in [6, 6.07) is 7.97. The fraction of sp³-hybridized carbons (Fsp3) is 0.348. The van der Waals surface area contributed by atoms with Crippen LogP contribution in [0, 0.1) is 0 Å². The molecule has 33 heavy (non-hydrogen) atoms. The Bertz CT molecular complexity index is 1150. The summed E-state index contributed by atoms with van der Waals surface area (Å²) in [6.07, 6.45) is 1.68. The number of hydrogen-bond donors (Lipinski definition) is 1. The van der Waals surface area contributed by atoms with Crippen molar-refractivity contribution in [1.82, 2.24) is 14.4 Å². The zero-order valence-corrected chi connectivity index (χ0v) is 18.2. The van der Waals surface area contributed by atoms with Crippen LogP contribution in [0.15, 0.2) is 41.3 Å². The van der Waals surface area contributed by atoms with Crippen molar-refractivity contribution in [3.63, 3.8) is 0 Å². The molecule has 3 heterocycles. The number of pyridine rings is 1. The number of nitrogens with one attached hydrogen (secondary N) is 1. The second-order valence-corrected chi connectivity index (χ2v) is 7.92. The van der Waals surface area contributed by atoms with Crippen molar-refractivity contribution in [3.8, 4) is 0 Å². The number of anilines is 1. The average Bonchev–Trinajstić information content (AvgIpc) is 3.07. The molecule has 4 rings (SSSR count). The molecule has 1 fully saturated rings. The maximum atomic E-state index is 12.7. The number of imide groups is 1. The number of amides is 4. The van der Waals surface area contributed by atoms with Gasteiger partial charge in [0.25, 0.3) is 23.3 Å². The van der Waals surface area contributed by atoms with Crippen LogP contribution in [-0.4, -0.2) is 70.8 Å². The predicted molar refractivity (Wildman–Crippen MR) is 118 cm³/mol. The molecule has 0 saturated carbocycles. The number of nitrogens with zero attached hydrogens (tertiary/aromatic N) is 3. The van der Waals surface area contributed by atoms with E-state index in [1.807, 2.05) is 0 Å². The van der Waals surface area contributed by atoms with Gasteiger partial charge in [-0.1, -0.05) is 12.1 Å². The third kappa shape index (κ3) is 4.56. The summed E-state index contributed by atoms with van der Waals surface area (Å²) in [7, 11) is 1.51. The molecular formula is C23H24N4O6. The summed E-state index contributed by atoms with van der Waals surface area (Å²) in [5.41, 5.74) is 0.569. The van der Waals surface area contributed by atoms with Crippen molar-refractivity contribution in [2.24, 2.45) is 7.05 Å². The van der Waals surface area contributed by atoms with Crippen molar-refractivity contribution in [3.05, 3.63) is 63.6 Å². The van der Waals surface area contributed by atoms with Crippen LogP contribution in [0.3, 0.4) is 0 Å². The lowest BCUT2D eigenvalue weighted by molar-refractivity contribution is -0.116. The molecule has 10 nitrogen and oxygen atoms in total. The fourth-order valence-electron chi connectivity index (χ4n) is 3.92. The molecule has 4 amide bonds. The number of aryl methyl sites for hydroxylation is 1. The molecule has 0 bridgehead atoms. The van der Waals surface area contributed by atoms with E-state index in [0.717, 1.165) is 4.90 Å². The highest BCUT2D eigenvalue weighted by Gasteiger charge is 2.34. The van der Waals surface area contributed by atoms with Gasteiger partial charge in [-0.25, -0.2) is 0 Å². The van der Waals surface area contributed by atoms with E-state index in [1.165, 1.54) is 23.9 Å². The number of aromatic nitrogens is 1. The minimum atomic E-state index is -0.445. The maximum Gasteiger partial charge on any atom is 0.274 e. The Balaban J connectivity index is 1.37. The number of carbonyl (C=O) groups excluding carboxylic acids is 4. The Kier molecular flexibility index (Phi) is 6.36. The zero-order valence-electron chi connectivity index (χ0n) is 18.2. The van der Waals surface area contributed by atoms with Gasteiger partial charge in [0.1, 0.15) is 5.69 Å². The van der Waals surface area contributed by atoms with Crippen molar-refractivity contribution >= 4 is 29.3 Å². The Labute approximate surface area is 189 Å². The monoisotopic (exact) mass is 452 g/mol. The van der Waals surface area contributed by atoms with Gasteiger partial charge in [-0.05, 0) is 24.6 Å². The number of hydrogen-bond acceptors (Lipinski definition) is 6. The molecule has 1 saturated heterocycles. The van der Waals surface area contributed by atoms with E-state index in [4.69, 9.17) is 4.74 Å². The smallest absolute Gasteiger partial charge is 0.274 e. The van der Waals surface area contributed by atoms with Gasteiger partial charge in [0.2, 0.25) is 5.91 Å². The van der Waals surface area contributed by atoms with Crippen LogP contribution in [0.5, 0.6) is 0 Å². The van der Waals surface area contributed by atoms with Gasteiger partial charge in [-0.15, -0.1) is 0 Å². The van der Waals surface area contributed by atoms with Gasteiger partial charge in [0.05, 0.1) is 29.9 Å². The van der Waals surface area contributed by atoms with Gasteiger partial charge in [-0.2, -0.15) is 0 Å². The number of ether oxygens (including phenoxy) is 1. The lowest BCUT2D eigenvalue weighted by atomic mass is 10.1. The number of benzene rings is 1. The topological polar surface area (TPSA) is 118 Å². The molecule has 0 unspecified atom stereocenters. The Hall–Kier alpha value is -3.79. The molecule has 2 aliphatic heterocycles. The Morgan fingerprint density at radius 2 is 1.67 bits per heavy atom. The summed E-state index contributed by atoms with van der Waals surface area (Å²) in [5, 5.41) is 2.56. The number of rotatable bonds is 6. The molecule has 172 valence electrons. The predicted octanol–water partition coefficient (Wildman–Crippen LogP) is 0.873. The van der Waals surface area contributed by atoms with E-state index >= 15 is 0 Å². The van der Waals surface area contributed by atoms with Gasteiger partial charge in [-0.3, -0.25) is 28.9 Å².